The summed E-state index contributed by atoms with van der Waals surface area (Å²) in [5, 5.41) is 0. The molecule has 0 radical (unpaired) electrons. The average molecular weight is 343 g/mol. The highest BCUT2D eigenvalue weighted by atomic mass is 19.4. The van der Waals surface area contributed by atoms with Crippen LogP contribution in [0.1, 0.15) is 31.7 Å². The van der Waals surface area contributed by atoms with E-state index in [-0.39, 0.29) is 25.4 Å². The van der Waals surface area contributed by atoms with E-state index in [0.29, 0.717) is 18.9 Å². The number of nitrogens with zero attached hydrogens (tertiary/aromatic N) is 3. The summed E-state index contributed by atoms with van der Waals surface area (Å²) in [5.41, 5.74) is -0.549. The van der Waals surface area contributed by atoms with Crippen LogP contribution in [0.3, 0.4) is 0 Å². The van der Waals surface area contributed by atoms with Gasteiger partial charge in [-0.25, -0.2) is 4.98 Å². The van der Waals surface area contributed by atoms with Crippen LogP contribution in [-0.2, 0) is 16.1 Å². The van der Waals surface area contributed by atoms with Gasteiger partial charge in [0.25, 0.3) is 0 Å². The molecular weight excluding hydrogens is 323 g/mol. The topological polar surface area (TPSA) is 47.4 Å². The molecule has 0 spiro atoms. The quantitative estimate of drug-likeness (QED) is 0.793. The molecule has 5 nitrogen and oxygen atoms in total. The van der Waals surface area contributed by atoms with Crippen LogP contribution in [0.15, 0.2) is 24.0 Å². The molecule has 1 amide bonds. The minimum atomic E-state index is -4.31. The van der Waals surface area contributed by atoms with E-state index in [4.69, 9.17) is 4.74 Å². The van der Waals surface area contributed by atoms with E-state index in [1.54, 1.807) is 6.20 Å². The van der Waals surface area contributed by atoms with E-state index in [1.807, 2.05) is 17.7 Å². The van der Waals surface area contributed by atoms with Crippen LogP contribution in [0.2, 0.25) is 0 Å². The standard InChI is InChI=1S/C16H20F3N3O2/c1-2-21-9-6-20-14(21)13-12(5-10-24-13)15(23)22-7-3-11(4-8-22)16(17,18)19/h3,6,9,12-13H,2,4-5,7-8,10H2,1H3/t12-,13-/m1/s1. The summed E-state index contributed by atoms with van der Waals surface area (Å²) < 4.78 is 45.7. The molecule has 3 rings (SSSR count). The molecule has 0 N–H and O–H groups in total. The number of alkyl halides is 3. The Balaban J connectivity index is 1.72. The van der Waals surface area contributed by atoms with Crippen molar-refractivity contribution < 1.29 is 22.7 Å². The number of rotatable bonds is 3. The van der Waals surface area contributed by atoms with Crippen LogP contribution < -0.4 is 0 Å². The number of carbonyl (C=O) groups is 1. The van der Waals surface area contributed by atoms with Gasteiger partial charge in [0.05, 0.1) is 5.92 Å². The lowest BCUT2D eigenvalue weighted by Crippen LogP contribution is -2.41. The lowest BCUT2D eigenvalue weighted by molar-refractivity contribution is -0.138. The maximum Gasteiger partial charge on any atom is 0.412 e. The summed E-state index contributed by atoms with van der Waals surface area (Å²) in [5.74, 6) is 0.163. The van der Waals surface area contributed by atoms with Gasteiger partial charge in [0.2, 0.25) is 5.91 Å². The number of aryl methyl sites for hydroxylation is 1. The van der Waals surface area contributed by atoms with Gasteiger partial charge in [-0.05, 0) is 19.8 Å². The normalized spacial score (nSPS) is 25.0. The van der Waals surface area contributed by atoms with Gasteiger partial charge in [-0.1, -0.05) is 6.08 Å². The largest absolute Gasteiger partial charge is 0.412 e. The third kappa shape index (κ3) is 3.19. The fourth-order valence-electron chi connectivity index (χ4n) is 3.30. The van der Waals surface area contributed by atoms with Gasteiger partial charge in [0, 0.05) is 44.2 Å². The molecule has 0 unspecified atom stereocenters. The second kappa shape index (κ2) is 6.58. The van der Waals surface area contributed by atoms with Crippen molar-refractivity contribution in [3.8, 4) is 0 Å². The number of hydrogen-bond donors (Lipinski definition) is 0. The summed E-state index contributed by atoms with van der Waals surface area (Å²) in [6.07, 6.45) is 0.280. The molecule has 8 heteroatoms. The first-order valence-corrected chi connectivity index (χ1v) is 8.09. The van der Waals surface area contributed by atoms with Crippen LogP contribution >= 0.6 is 0 Å². The SMILES string of the molecule is CCn1ccnc1[C@@H]1OCC[C@H]1C(=O)N1CC=C(C(F)(F)F)CC1. The molecule has 1 saturated heterocycles. The molecule has 0 aromatic carbocycles. The van der Waals surface area contributed by atoms with E-state index in [9.17, 15) is 18.0 Å². The molecule has 0 bridgehead atoms. The van der Waals surface area contributed by atoms with Gasteiger partial charge < -0.3 is 14.2 Å². The molecule has 132 valence electrons. The van der Waals surface area contributed by atoms with Crippen molar-refractivity contribution in [1.82, 2.24) is 14.5 Å². The molecule has 2 atom stereocenters. The van der Waals surface area contributed by atoms with Gasteiger partial charge in [-0.2, -0.15) is 13.2 Å². The number of amides is 1. The summed E-state index contributed by atoms with van der Waals surface area (Å²) in [7, 11) is 0. The van der Waals surface area contributed by atoms with Crippen molar-refractivity contribution >= 4 is 5.91 Å². The smallest absolute Gasteiger partial charge is 0.369 e. The molecule has 0 aliphatic carbocycles. The Hall–Kier alpha value is -1.83. The first-order valence-electron chi connectivity index (χ1n) is 8.09. The number of carbonyl (C=O) groups excluding carboxylic acids is 1. The molecule has 1 aromatic heterocycles. The Kier molecular flexibility index (Phi) is 4.67. The number of aromatic nitrogens is 2. The van der Waals surface area contributed by atoms with Crippen LogP contribution in [-0.4, -0.2) is 46.2 Å². The zero-order chi connectivity index (χ0) is 17.3. The second-order valence-corrected chi connectivity index (χ2v) is 6.02. The summed E-state index contributed by atoms with van der Waals surface area (Å²) >= 11 is 0. The monoisotopic (exact) mass is 343 g/mol. The predicted molar refractivity (Wildman–Crippen MR) is 80.0 cm³/mol. The Labute approximate surface area is 138 Å². The Bertz CT molecular complexity index is 639. The lowest BCUT2D eigenvalue weighted by atomic mass is 9.97. The first kappa shape index (κ1) is 17.0. The van der Waals surface area contributed by atoms with Crippen molar-refractivity contribution in [2.24, 2.45) is 5.92 Å². The molecule has 1 fully saturated rings. The lowest BCUT2D eigenvalue weighted by Gasteiger charge is -2.30. The van der Waals surface area contributed by atoms with Crippen molar-refractivity contribution in [3.05, 3.63) is 29.9 Å². The van der Waals surface area contributed by atoms with Crippen LogP contribution in [0.5, 0.6) is 0 Å². The number of ether oxygens (including phenoxy) is 1. The van der Waals surface area contributed by atoms with E-state index in [2.05, 4.69) is 4.98 Å². The summed E-state index contributed by atoms with van der Waals surface area (Å²) in [6.45, 7) is 3.24. The maximum absolute atomic E-state index is 12.8. The van der Waals surface area contributed by atoms with E-state index >= 15 is 0 Å². The minimum absolute atomic E-state index is 0.000878. The maximum atomic E-state index is 12.8. The van der Waals surface area contributed by atoms with Crippen molar-refractivity contribution in [2.75, 3.05) is 19.7 Å². The third-order valence-electron chi connectivity index (χ3n) is 4.64. The molecule has 3 heterocycles. The van der Waals surface area contributed by atoms with Gasteiger partial charge >= 0.3 is 6.18 Å². The van der Waals surface area contributed by atoms with Crippen LogP contribution in [0, 0.1) is 5.92 Å². The molecule has 0 saturated carbocycles. The zero-order valence-electron chi connectivity index (χ0n) is 13.4. The van der Waals surface area contributed by atoms with E-state index in [1.165, 1.54) is 4.90 Å². The van der Waals surface area contributed by atoms with Gasteiger partial charge in [0.1, 0.15) is 11.9 Å². The summed E-state index contributed by atoms with van der Waals surface area (Å²) in [4.78, 5) is 18.5. The highest BCUT2D eigenvalue weighted by Crippen LogP contribution is 2.36. The van der Waals surface area contributed by atoms with Gasteiger partial charge in [-0.3, -0.25) is 4.79 Å². The van der Waals surface area contributed by atoms with E-state index < -0.39 is 23.8 Å². The Morgan fingerprint density at radius 2 is 2.25 bits per heavy atom. The molecule has 2 aliphatic heterocycles. The second-order valence-electron chi connectivity index (χ2n) is 6.02. The van der Waals surface area contributed by atoms with Crippen molar-refractivity contribution in [2.45, 2.75) is 38.6 Å². The molecular formula is C16H20F3N3O2. The predicted octanol–water partition coefficient (Wildman–Crippen LogP) is 2.70. The van der Waals surface area contributed by atoms with E-state index in [0.717, 1.165) is 12.6 Å². The third-order valence-corrected chi connectivity index (χ3v) is 4.64. The van der Waals surface area contributed by atoms with Gasteiger partial charge in [-0.15, -0.1) is 0 Å². The summed E-state index contributed by atoms with van der Waals surface area (Å²) in [6, 6.07) is 0. The Morgan fingerprint density at radius 3 is 2.88 bits per heavy atom. The minimum Gasteiger partial charge on any atom is -0.369 e. The highest BCUT2D eigenvalue weighted by molar-refractivity contribution is 5.80. The molecule has 2 aliphatic rings. The number of halogens is 3. The number of hydrogen-bond acceptors (Lipinski definition) is 3. The Morgan fingerprint density at radius 1 is 1.46 bits per heavy atom. The average Bonchev–Trinajstić information content (AvgIpc) is 3.21. The van der Waals surface area contributed by atoms with Crippen molar-refractivity contribution in [1.29, 1.82) is 0 Å². The van der Waals surface area contributed by atoms with Crippen LogP contribution in [0.25, 0.3) is 0 Å². The first-order chi connectivity index (χ1) is 11.4. The molecule has 24 heavy (non-hydrogen) atoms. The zero-order valence-corrected chi connectivity index (χ0v) is 13.4. The van der Waals surface area contributed by atoms with Crippen LogP contribution in [0.4, 0.5) is 13.2 Å². The van der Waals surface area contributed by atoms with Crippen molar-refractivity contribution in [3.63, 3.8) is 0 Å². The van der Waals surface area contributed by atoms with Gasteiger partial charge in [0.15, 0.2) is 0 Å². The highest BCUT2D eigenvalue weighted by Gasteiger charge is 2.41. The molecule has 1 aromatic rings. The fourth-order valence-corrected chi connectivity index (χ4v) is 3.30. The fraction of sp³-hybridized carbons (Fsp3) is 0.625. The number of imidazole rings is 1.